The van der Waals surface area contributed by atoms with E-state index in [0.29, 0.717) is 31.0 Å². The Kier molecular flexibility index (Phi) is 5.18. The topological polar surface area (TPSA) is 72.6 Å². The lowest BCUT2D eigenvalue weighted by Crippen LogP contribution is -2.40. The normalized spacial score (nSPS) is 20.4. The number of benzene rings is 1. The van der Waals surface area contributed by atoms with Gasteiger partial charge in [-0.15, -0.1) is 0 Å². The van der Waals surface area contributed by atoms with E-state index >= 15 is 0 Å². The minimum Gasteiger partial charge on any atom is -0.493 e. The molecule has 1 aromatic rings. The Bertz CT molecular complexity index is 592. The molecule has 0 bridgehead atoms. The predicted octanol–water partition coefficient (Wildman–Crippen LogP) is 1.33. The number of rotatable bonds is 5. The highest BCUT2D eigenvalue weighted by Gasteiger charge is 2.26. The van der Waals surface area contributed by atoms with Crippen molar-refractivity contribution < 1.29 is 17.5 Å². The summed E-state index contributed by atoms with van der Waals surface area (Å²) >= 11 is 0. The minimum atomic E-state index is -3.15. The van der Waals surface area contributed by atoms with Gasteiger partial charge in [-0.05, 0) is 18.9 Å². The highest BCUT2D eigenvalue weighted by Crippen LogP contribution is 2.21. The van der Waals surface area contributed by atoms with Gasteiger partial charge in [-0.25, -0.2) is 17.1 Å². The van der Waals surface area contributed by atoms with Crippen molar-refractivity contribution >= 4 is 10.0 Å². The van der Waals surface area contributed by atoms with Crippen molar-refractivity contribution in [1.82, 2.24) is 4.31 Å². The van der Waals surface area contributed by atoms with Crippen molar-refractivity contribution in [2.24, 2.45) is 11.7 Å². The van der Waals surface area contributed by atoms with E-state index < -0.39 is 10.0 Å². The summed E-state index contributed by atoms with van der Waals surface area (Å²) in [6.07, 6.45) is 2.95. The van der Waals surface area contributed by atoms with E-state index in [1.165, 1.54) is 16.6 Å². The van der Waals surface area contributed by atoms with E-state index in [1.54, 1.807) is 12.1 Å². The van der Waals surface area contributed by atoms with Crippen LogP contribution in [-0.4, -0.2) is 38.7 Å². The summed E-state index contributed by atoms with van der Waals surface area (Å²) in [7, 11) is -3.15. The molecule has 5 nitrogen and oxygen atoms in total. The second kappa shape index (κ2) is 6.72. The molecule has 0 radical (unpaired) electrons. The monoisotopic (exact) mass is 316 g/mol. The summed E-state index contributed by atoms with van der Waals surface area (Å²) in [5, 5.41) is 0. The van der Waals surface area contributed by atoms with Crippen LogP contribution in [0.4, 0.5) is 4.39 Å². The first-order chi connectivity index (χ1) is 9.90. The fourth-order valence-electron chi connectivity index (χ4n) is 2.46. The van der Waals surface area contributed by atoms with Crippen molar-refractivity contribution in [3.05, 3.63) is 29.6 Å². The smallest absolute Gasteiger partial charge is 0.211 e. The van der Waals surface area contributed by atoms with E-state index in [9.17, 15) is 12.8 Å². The lowest BCUT2D eigenvalue weighted by molar-refractivity contribution is 0.180. The molecule has 1 aliphatic heterocycles. The molecule has 118 valence electrons. The number of halogens is 1. The fourth-order valence-corrected chi connectivity index (χ4v) is 3.40. The molecular formula is C14H21FN2O3S. The Morgan fingerprint density at radius 1 is 1.48 bits per heavy atom. The number of hydrogen-bond donors (Lipinski definition) is 1. The Morgan fingerprint density at radius 3 is 2.86 bits per heavy atom. The Hall–Kier alpha value is -1.18. The maximum absolute atomic E-state index is 13.6. The van der Waals surface area contributed by atoms with E-state index in [1.807, 2.05) is 0 Å². The lowest BCUT2D eigenvalue weighted by Gasteiger charge is -2.30. The van der Waals surface area contributed by atoms with Crippen LogP contribution < -0.4 is 10.5 Å². The third-order valence-electron chi connectivity index (χ3n) is 3.68. The fraction of sp³-hybridized carbons (Fsp3) is 0.571. The van der Waals surface area contributed by atoms with Crippen LogP contribution >= 0.6 is 0 Å². The maximum Gasteiger partial charge on any atom is 0.211 e. The van der Waals surface area contributed by atoms with Crippen LogP contribution in [0.3, 0.4) is 0 Å². The molecule has 1 aromatic carbocycles. The van der Waals surface area contributed by atoms with Gasteiger partial charge in [0.2, 0.25) is 10.0 Å². The molecule has 0 amide bonds. The largest absolute Gasteiger partial charge is 0.493 e. The van der Waals surface area contributed by atoms with Crippen molar-refractivity contribution in [1.29, 1.82) is 0 Å². The zero-order valence-corrected chi connectivity index (χ0v) is 12.9. The summed E-state index contributed by atoms with van der Waals surface area (Å²) in [6, 6.07) is 4.61. The lowest BCUT2D eigenvalue weighted by atomic mass is 10.0. The van der Waals surface area contributed by atoms with Crippen molar-refractivity contribution in [2.45, 2.75) is 19.4 Å². The van der Waals surface area contributed by atoms with Gasteiger partial charge in [0.1, 0.15) is 11.6 Å². The quantitative estimate of drug-likeness (QED) is 0.889. The van der Waals surface area contributed by atoms with Crippen LogP contribution in [-0.2, 0) is 16.6 Å². The van der Waals surface area contributed by atoms with Crippen LogP contribution in [0.25, 0.3) is 0 Å². The van der Waals surface area contributed by atoms with Gasteiger partial charge >= 0.3 is 0 Å². The zero-order valence-electron chi connectivity index (χ0n) is 12.1. The Labute approximate surface area is 124 Å². The molecule has 0 aromatic heterocycles. The van der Waals surface area contributed by atoms with E-state index in [4.69, 9.17) is 10.5 Å². The van der Waals surface area contributed by atoms with Gasteiger partial charge in [-0.2, -0.15) is 0 Å². The number of piperidine rings is 1. The highest BCUT2D eigenvalue weighted by molar-refractivity contribution is 7.88. The van der Waals surface area contributed by atoms with Crippen molar-refractivity contribution in [3.8, 4) is 5.75 Å². The van der Waals surface area contributed by atoms with Crippen LogP contribution in [0.1, 0.15) is 18.4 Å². The van der Waals surface area contributed by atoms with Crippen LogP contribution in [0.15, 0.2) is 18.2 Å². The minimum absolute atomic E-state index is 0.130. The molecule has 1 aliphatic rings. The molecule has 1 heterocycles. The summed E-state index contributed by atoms with van der Waals surface area (Å²) < 4.78 is 43.7. The molecule has 0 saturated carbocycles. The van der Waals surface area contributed by atoms with Gasteiger partial charge in [0.25, 0.3) is 0 Å². The standard InChI is InChI=1S/C14H21FN2O3S/c1-21(18,19)17-6-2-3-11(9-17)10-20-13-5-4-12(8-16)14(15)7-13/h4-5,7,11H,2-3,6,8-10,16H2,1H3. The van der Waals surface area contributed by atoms with Crippen molar-refractivity contribution in [3.63, 3.8) is 0 Å². The molecule has 1 unspecified atom stereocenters. The third-order valence-corrected chi connectivity index (χ3v) is 4.95. The van der Waals surface area contributed by atoms with Gasteiger partial charge in [0.05, 0.1) is 12.9 Å². The molecule has 2 N–H and O–H groups in total. The summed E-state index contributed by atoms with van der Waals surface area (Å²) in [4.78, 5) is 0. The number of nitrogens with two attached hydrogens (primary N) is 1. The molecule has 0 aliphatic carbocycles. The van der Waals surface area contributed by atoms with Crippen LogP contribution in [0, 0.1) is 11.7 Å². The number of hydrogen-bond acceptors (Lipinski definition) is 4. The van der Waals surface area contributed by atoms with Gasteiger partial charge in [0, 0.05) is 37.2 Å². The first-order valence-corrected chi connectivity index (χ1v) is 8.81. The number of ether oxygens (including phenoxy) is 1. The first kappa shape index (κ1) is 16.2. The average Bonchev–Trinajstić information content (AvgIpc) is 2.45. The molecule has 1 saturated heterocycles. The zero-order chi connectivity index (χ0) is 15.5. The molecule has 2 rings (SSSR count). The van der Waals surface area contributed by atoms with Gasteiger partial charge < -0.3 is 10.5 Å². The highest BCUT2D eigenvalue weighted by atomic mass is 32.2. The molecule has 1 atom stereocenters. The first-order valence-electron chi connectivity index (χ1n) is 6.96. The number of nitrogens with zero attached hydrogens (tertiary/aromatic N) is 1. The van der Waals surface area contributed by atoms with Gasteiger partial charge in [0.15, 0.2) is 0 Å². The van der Waals surface area contributed by atoms with Gasteiger partial charge in [-0.1, -0.05) is 6.07 Å². The Morgan fingerprint density at radius 2 is 2.24 bits per heavy atom. The Balaban J connectivity index is 1.92. The van der Waals surface area contributed by atoms with Crippen LogP contribution in [0.2, 0.25) is 0 Å². The SMILES string of the molecule is CS(=O)(=O)N1CCCC(COc2ccc(CN)c(F)c2)C1. The molecule has 21 heavy (non-hydrogen) atoms. The van der Waals surface area contributed by atoms with E-state index in [-0.39, 0.29) is 18.3 Å². The van der Waals surface area contributed by atoms with E-state index in [0.717, 1.165) is 12.8 Å². The molecule has 7 heteroatoms. The van der Waals surface area contributed by atoms with Crippen LogP contribution in [0.5, 0.6) is 5.75 Å². The molecular weight excluding hydrogens is 295 g/mol. The average molecular weight is 316 g/mol. The summed E-state index contributed by atoms with van der Waals surface area (Å²) in [5.41, 5.74) is 5.85. The van der Waals surface area contributed by atoms with E-state index in [2.05, 4.69) is 0 Å². The van der Waals surface area contributed by atoms with Gasteiger partial charge in [-0.3, -0.25) is 0 Å². The van der Waals surface area contributed by atoms with Crippen molar-refractivity contribution in [2.75, 3.05) is 26.0 Å². The maximum atomic E-state index is 13.6. The number of sulfonamides is 1. The third kappa shape index (κ3) is 4.39. The second-order valence-electron chi connectivity index (χ2n) is 5.40. The molecule has 1 fully saturated rings. The second-order valence-corrected chi connectivity index (χ2v) is 7.38. The predicted molar refractivity (Wildman–Crippen MR) is 78.9 cm³/mol. The summed E-state index contributed by atoms with van der Waals surface area (Å²) in [5.74, 6) is 0.198. The molecule has 0 spiro atoms. The summed E-state index contributed by atoms with van der Waals surface area (Å²) in [6.45, 7) is 1.56.